The molecule has 0 heteroatoms. The van der Waals surface area contributed by atoms with Gasteiger partial charge in [0.1, 0.15) is 0 Å². The Hall–Kier alpha value is -8.06. The minimum Gasteiger partial charge on any atom is -0.0842 e. The van der Waals surface area contributed by atoms with Crippen molar-refractivity contribution in [2.75, 3.05) is 0 Å². The van der Waals surface area contributed by atoms with E-state index in [1.54, 1.807) is 0 Å². The molecule has 0 nitrogen and oxygen atoms in total. The van der Waals surface area contributed by atoms with Crippen molar-refractivity contribution in [1.29, 1.82) is 0 Å². The summed E-state index contributed by atoms with van der Waals surface area (Å²) in [5, 5.41) is 8.08. The van der Waals surface area contributed by atoms with Crippen molar-refractivity contribution < 1.29 is 0 Å². The first-order valence-corrected chi connectivity index (χ1v) is 28.0. The Labute approximate surface area is 449 Å². The summed E-state index contributed by atoms with van der Waals surface area (Å²) >= 11 is 0. The van der Waals surface area contributed by atoms with Crippen LogP contribution >= 0.6 is 0 Å². The van der Waals surface area contributed by atoms with Gasteiger partial charge in [0, 0.05) is 10.8 Å². The zero-order valence-corrected chi connectivity index (χ0v) is 44.4. The number of benzene rings is 7. The van der Waals surface area contributed by atoms with Crippen LogP contribution in [0.1, 0.15) is 135 Å². The Kier molecular flexibility index (Phi) is 11.2. The number of hydrogen-bond donors (Lipinski definition) is 0. The Morgan fingerprint density at radius 2 is 0.763 bits per heavy atom. The Balaban J connectivity index is 0.768. The van der Waals surface area contributed by atoms with Crippen LogP contribution in [-0.4, -0.2) is 0 Å². The van der Waals surface area contributed by atoms with Gasteiger partial charge in [-0.3, -0.25) is 0 Å². The quantitative estimate of drug-likeness (QED) is 0.146. The first-order chi connectivity index (χ1) is 37.2. The van der Waals surface area contributed by atoms with E-state index in [9.17, 15) is 0 Å². The van der Waals surface area contributed by atoms with Gasteiger partial charge in [-0.05, 0) is 207 Å². The molecule has 0 aromatic heterocycles. The third-order valence-electron chi connectivity index (χ3n) is 18.2. The molecule has 0 bridgehead atoms. The van der Waals surface area contributed by atoms with Gasteiger partial charge in [0.05, 0.1) is 0 Å². The monoisotopic (exact) mass is 977 g/mol. The van der Waals surface area contributed by atoms with Crippen LogP contribution < -0.4 is 0 Å². The largest absolute Gasteiger partial charge is 0.0842 e. The molecule has 0 aliphatic heterocycles. The lowest BCUT2D eigenvalue weighted by molar-refractivity contribution is 0.652. The second kappa shape index (κ2) is 18.4. The Bertz CT molecular complexity index is 4080. The lowest BCUT2D eigenvalue weighted by Crippen LogP contribution is -2.17. The van der Waals surface area contributed by atoms with Crippen molar-refractivity contribution in [1.82, 2.24) is 0 Å². The summed E-state index contributed by atoms with van der Waals surface area (Å²) in [6.45, 7) is 9.69. The number of hydrogen-bond acceptors (Lipinski definition) is 0. The topological polar surface area (TPSA) is 0 Å². The second-order valence-corrected chi connectivity index (χ2v) is 23.1. The third kappa shape index (κ3) is 7.55. The minimum atomic E-state index is -0.119. The van der Waals surface area contributed by atoms with E-state index in [2.05, 4.69) is 246 Å². The molecule has 0 fully saturated rings. The maximum atomic E-state index is 2.54. The van der Waals surface area contributed by atoms with Crippen molar-refractivity contribution in [2.24, 2.45) is 0 Å². The third-order valence-corrected chi connectivity index (χ3v) is 18.2. The van der Waals surface area contributed by atoms with Crippen molar-refractivity contribution in [3.05, 3.63) is 280 Å². The van der Waals surface area contributed by atoms with Crippen LogP contribution in [0.2, 0.25) is 0 Å². The summed E-state index contributed by atoms with van der Waals surface area (Å²) in [6.07, 6.45) is 27.4. The maximum absolute atomic E-state index is 2.54. The lowest BCUT2D eigenvalue weighted by atomic mass is 9.78. The van der Waals surface area contributed by atoms with Gasteiger partial charge in [-0.25, -0.2) is 0 Å². The summed E-state index contributed by atoms with van der Waals surface area (Å²) in [5.74, 6) is 0. The Morgan fingerprint density at radius 3 is 1.30 bits per heavy atom. The van der Waals surface area contributed by atoms with E-state index in [0.29, 0.717) is 0 Å². The predicted octanol–water partition coefficient (Wildman–Crippen LogP) is 20.8. The highest BCUT2D eigenvalue weighted by Gasteiger charge is 2.39. The number of fused-ring (bicyclic) bond motifs is 8. The number of allylic oxidation sites excluding steroid dienone is 16. The molecule has 0 saturated carbocycles. The molecule has 6 aliphatic carbocycles. The SMILES string of the molecule is CC1(C)C2=C(CCC(c3ccccccc(C4=CC=C(c5ccc6c(c5)C(C)(C)c5cc(C7=CC=C(c8c9ccccc9c(C9=CC=CCC9)c9ccccc89)CC7)ccc5-6)CC4)c4ccccc34)=C2)c2ccccc21. The fourth-order valence-electron chi connectivity index (χ4n) is 14.3. The molecule has 0 heterocycles. The second-order valence-electron chi connectivity index (χ2n) is 23.1. The summed E-state index contributed by atoms with van der Waals surface area (Å²) in [6, 6.07) is 64.6. The summed E-state index contributed by atoms with van der Waals surface area (Å²) in [5.41, 5.74) is 28.1. The molecule has 0 spiro atoms. The van der Waals surface area contributed by atoms with Crippen LogP contribution in [0.5, 0.6) is 0 Å². The minimum absolute atomic E-state index is 0.0142. The highest BCUT2D eigenvalue weighted by molar-refractivity contribution is 6.16. The summed E-state index contributed by atoms with van der Waals surface area (Å²) in [7, 11) is 0. The molecule has 8 aromatic rings. The smallest absolute Gasteiger partial charge is 0.0159 e. The maximum Gasteiger partial charge on any atom is 0.0159 e. The fourth-order valence-corrected chi connectivity index (χ4v) is 14.3. The van der Waals surface area contributed by atoms with Gasteiger partial charge in [-0.1, -0.05) is 234 Å². The zero-order valence-electron chi connectivity index (χ0n) is 44.4. The first-order valence-electron chi connectivity index (χ1n) is 28.0. The van der Waals surface area contributed by atoms with E-state index < -0.39 is 0 Å². The van der Waals surface area contributed by atoms with Crippen LogP contribution in [0.15, 0.2) is 224 Å². The van der Waals surface area contributed by atoms with Gasteiger partial charge in [0.25, 0.3) is 0 Å². The molecule has 0 saturated heterocycles. The van der Waals surface area contributed by atoms with E-state index in [1.807, 2.05) is 0 Å². The molecule has 0 atom stereocenters. The summed E-state index contributed by atoms with van der Waals surface area (Å²) < 4.78 is 0. The molecule has 0 unspecified atom stereocenters. The van der Waals surface area contributed by atoms with Gasteiger partial charge >= 0.3 is 0 Å². The van der Waals surface area contributed by atoms with E-state index in [0.717, 1.165) is 51.4 Å². The van der Waals surface area contributed by atoms with Crippen molar-refractivity contribution in [2.45, 2.75) is 89.9 Å². The molecule has 0 radical (unpaired) electrons. The molecule has 14 rings (SSSR count). The normalized spacial score (nSPS) is 17.9. The van der Waals surface area contributed by atoms with Crippen LogP contribution in [0.25, 0.3) is 82.5 Å². The predicted molar refractivity (Wildman–Crippen MR) is 327 cm³/mol. The average Bonchev–Trinajstić information content (AvgIpc) is 3.84. The van der Waals surface area contributed by atoms with Crippen molar-refractivity contribution >= 4 is 71.3 Å². The highest BCUT2D eigenvalue weighted by Crippen LogP contribution is 2.54. The van der Waals surface area contributed by atoms with Gasteiger partial charge in [0.15, 0.2) is 0 Å². The molecule has 0 N–H and O–H groups in total. The van der Waals surface area contributed by atoms with Gasteiger partial charge < -0.3 is 0 Å². The molecular formula is C76H64. The molecule has 0 amide bonds. The molecule has 8 aromatic carbocycles. The van der Waals surface area contributed by atoms with Gasteiger partial charge in [-0.2, -0.15) is 0 Å². The summed E-state index contributed by atoms with van der Waals surface area (Å²) in [4.78, 5) is 0. The van der Waals surface area contributed by atoms with E-state index >= 15 is 0 Å². The van der Waals surface area contributed by atoms with Gasteiger partial charge in [-0.15, -0.1) is 0 Å². The van der Waals surface area contributed by atoms with E-state index in [1.165, 1.54) is 144 Å². The zero-order chi connectivity index (χ0) is 51.1. The van der Waals surface area contributed by atoms with Crippen LogP contribution in [0.4, 0.5) is 0 Å². The fraction of sp³-hybridized carbons (Fsp3) is 0.184. The molecular weight excluding hydrogens is 913 g/mol. The van der Waals surface area contributed by atoms with Crippen LogP contribution in [0, 0.1) is 0 Å². The molecule has 368 valence electrons. The van der Waals surface area contributed by atoms with Crippen LogP contribution in [0.3, 0.4) is 0 Å². The average molecular weight is 977 g/mol. The standard InChI is InChI=1S/C76H64/c1-75(2)69-31-19-18-26-61(69)62-45-42-56(48-72(62)75)58-23-11-6-5-10-22-57(59-24-12-13-25-60(58)59)51-36-32-49(33-37-51)54-40-43-63-64-44-41-55(47-71(64)76(3,4)70(63)46-54)50-34-38-53(39-35-50)74-67-29-16-14-27-65(67)73(52-20-8-7-9-21-52)66-28-15-17-30-68(66)74/h5-8,10-20,22-32,34,36,38,40-41,43-44,46-48H,9,21,33,35,37,39,42,45H2,1-4H3. The van der Waals surface area contributed by atoms with E-state index in [4.69, 9.17) is 0 Å². The molecule has 6 aliphatic rings. The highest BCUT2D eigenvalue weighted by atomic mass is 14.4. The Morgan fingerprint density at radius 1 is 0.316 bits per heavy atom. The van der Waals surface area contributed by atoms with E-state index in [-0.39, 0.29) is 10.8 Å². The van der Waals surface area contributed by atoms with Crippen LogP contribution in [-0.2, 0) is 10.8 Å². The lowest BCUT2D eigenvalue weighted by Gasteiger charge is -2.26. The van der Waals surface area contributed by atoms with Crippen molar-refractivity contribution in [3.63, 3.8) is 0 Å². The first kappa shape index (κ1) is 46.5. The van der Waals surface area contributed by atoms with Gasteiger partial charge in [0.2, 0.25) is 0 Å². The van der Waals surface area contributed by atoms with Crippen molar-refractivity contribution in [3.8, 4) is 11.1 Å². The molecule has 76 heavy (non-hydrogen) atoms. The number of rotatable bonds is 6.